The van der Waals surface area contributed by atoms with Crippen molar-refractivity contribution in [1.82, 2.24) is 19.3 Å². The highest BCUT2D eigenvalue weighted by Gasteiger charge is 2.36. The molecular formula is C23H26F3N5O3S2. The van der Waals surface area contributed by atoms with Crippen molar-refractivity contribution < 1.29 is 26.7 Å². The molecule has 1 fully saturated rings. The monoisotopic (exact) mass is 541 g/mol. The number of rotatable bonds is 6. The van der Waals surface area contributed by atoms with E-state index in [0.29, 0.717) is 30.9 Å². The molecule has 0 amide bonds. The highest BCUT2D eigenvalue weighted by molar-refractivity contribution is 7.88. The van der Waals surface area contributed by atoms with Crippen LogP contribution in [-0.4, -0.2) is 58.2 Å². The molecule has 13 heteroatoms. The molecule has 1 aliphatic rings. The summed E-state index contributed by atoms with van der Waals surface area (Å²) in [5, 5.41) is 13.4. The zero-order valence-electron chi connectivity index (χ0n) is 19.9. The Kier molecular flexibility index (Phi) is 7.37. The van der Waals surface area contributed by atoms with E-state index in [2.05, 4.69) is 20.3 Å². The topological polar surface area (TPSA) is 108 Å². The van der Waals surface area contributed by atoms with Crippen molar-refractivity contribution in [2.24, 2.45) is 0 Å². The van der Waals surface area contributed by atoms with Gasteiger partial charge in [-0.05, 0) is 37.8 Å². The van der Waals surface area contributed by atoms with Crippen LogP contribution in [-0.2, 0) is 16.2 Å². The van der Waals surface area contributed by atoms with Crippen molar-refractivity contribution in [2.45, 2.75) is 45.0 Å². The van der Waals surface area contributed by atoms with Crippen molar-refractivity contribution in [2.75, 3.05) is 24.7 Å². The highest BCUT2D eigenvalue weighted by atomic mass is 32.2. The van der Waals surface area contributed by atoms with Gasteiger partial charge in [0.15, 0.2) is 0 Å². The second-order valence-electron chi connectivity index (χ2n) is 8.81. The summed E-state index contributed by atoms with van der Waals surface area (Å²) < 4.78 is 66.2. The van der Waals surface area contributed by atoms with E-state index in [1.165, 1.54) is 10.5 Å². The van der Waals surface area contributed by atoms with E-state index in [0.717, 1.165) is 40.5 Å². The standard InChI is InChI=1S/C23H26F3N5O3S2/c1-13-10-15(14(2)32)4-5-17(13)21-27-12-19(35-21)20-18(23(24,25)26)11-28-22(30-20)29-16-6-8-31(9-7-16)36(3,33)34/h4-5,10-12,14,16,32H,6-9H2,1-3H3,(H,28,29,30). The summed E-state index contributed by atoms with van der Waals surface area (Å²) in [7, 11) is -3.29. The molecule has 4 rings (SSSR count). The molecule has 2 aromatic heterocycles. The second kappa shape index (κ2) is 10.0. The number of thiazole rings is 1. The molecule has 1 saturated heterocycles. The number of benzene rings is 1. The Hall–Kier alpha value is -2.61. The summed E-state index contributed by atoms with van der Waals surface area (Å²) >= 11 is 1.09. The average molecular weight is 542 g/mol. The molecule has 1 aliphatic heterocycles. The molecular weight excluding hydrogens is 515 g/mol. The number of piperidine rings is 1. The zero-order valence-corrected chi connectivity index (χ0v) is 21.5. The lowest BCUT2D eigenvalue weighted by molar-refractivity contribution is -0.137. The molecule has 0 radical (unpaired) electrons. The van der Waals surface area contributed by atoms with Crippen molar-refractivity contribution >= 4 is 27.3 Å². The number of sulfonamides is 1. The van der Waals surface area contributed by atoms with E-state index in [9.17, 15) is 26.7 Å². The number of halogens is 3. The Morgan fingerprint density at radius 1 is 1.19 bits per heavy atom. The third-order valence-electron chi connectivity index (χ3n) is 6.05. The van der Waals surface area contributed by atoms with Crippen LogP contribution in [0.5, 0.6) is 0 Å². The minimum absolute atomic E-state index is 0.0447. The van der Waals surface area contributed by atoms with Gasteiger partial charge in [0.05, 0.1) is 22.9 Å². The molecule has 1 atom stereocenters. The molecule has 3 heterocycles. The number of alkyl halides is 3. The van der Waals surface area contributed by atoms with Crippen molar-refractivity contribution in [3.05, 3.63) is 47.3 Å². The highest BCUT2D eigenvalue weighted by Crippen LogP contribution is 2.40. The number of aliphatic hydroxyl groups excluding tert-OH is 1. The van der Waals surface area contributed by atoms with E-state index < -0.39 is 27.9 Å². The van der Waals surface area contributed by atoms with Crippen LogP contribution in [0.3, 0.4) is 0 Å². The van der Waals surface area contributed by atoms with E-state index in [1.807, 2.05) is 13.0 Å². The molecule has 2 N–H and O–H groups in total. The predicted molar refractivity (Wildman–Crippen MR) is 132 cm³/mol. The van der Waals surface area contributed by atoms with E-state index in [1.54, 1.807) is 19.1 Å². The van der Waals surface area contributed by atoms with Gasteiger partial charge in [-0.2, -0.15) is 13.2 Å². The average Bonchev–Trinajstić information content (AvgIpc) is 3.28. The number of hydrogen-bond acceptors (Lipinski definition) is 8. The minimum atomic E-state index is -4.66. The molecule has 1 aromatic carbocycles. The SMILES string of the molecule is Cc1cc(C(C)O)ccc1-c1ncc(-c2nc(NC3CCN(S(C)(=O)=O)CC3)ncc2C(F)(F)F)s1. The number of nitrogens with zero attached hydrogens (tertiary/aromatic N) is 4. The Morgan fingerprint density at radius 3 is 2.47 bits per heavy atom. The summed E-state index contributed by atoms with van der Waals surface area (Å²) in [5.74, 6) is 0.0447. The molecule has 194 valence electrons. The molecule has 0 saturated carbocycles. The smallest absolute Gasteiger partial charge is 0.389 e. The Balaban J connectivity index is 1.62. The lowest BCUT2D eigenvalue weighted by atomic mass is 10.0. The van der Waals surface area contributed by atoms with Crippen LogP contribution in [0, 0.1) is 6.92 Å². The lowest BCUT2D eigenvalue weighted by Gasteiger charge is -2.30. The van der Waals surface area contributed by atoms with Gasteiger partial charge in [0, 0.05) is 37.1 Å². The van der Waals surface area contributed by atoms with Crippen molar-refractivity contribution in [3.8, 4) is 21.1 Å². The molecule has 8 nitrogen and oxygen atoms in total. The van der Waals surface area contributed by atoms with Gasteiger partial charge in [-0.3, -0.25) is 0 Å². The normalized spacial score (nSPS) is 16.8. The maximum absolute atomic E-state index is 13.8. The number of hydrogen-bond donors (Lipinski definition) is 2. The minimum Gasteiger partial charge on any atom is -0.389 e. The first kappa shape index (κ1) is 26.5. The second-order valence-corrected chi connectivity index (χ2v) is 11.8. The Morgan fingerprint density at radius 2 is 1.89 bits per heavy atom. The number of anilines is 1. The fraction of sp³-hybridized carbons (Fsp3) is 0.435. The Bertz CT molecular complexity index is 1350. The zero-order chi connectivity index (χ0) is 26.3. The molecule has 0 bridgehead atoms. The number of aryl methyl sites for hydroxylation is 1. The Labute approximate surface area is 211 Å². The first-order valence-corrected chi connectivity index (χ1v) is 13.9. The van der Waals surface area contributed by atoms with Gasteiger partial charge in [0.25, 0.3) is 0 Å². The van der Waals surface area contributed by atoms with Crippen molar-refractivity contribution in [1.29, 1.82) is 0 Å². The molecule has 36 heavy (non-hydrogen) atoms. The van der Waals surface area contributed by atoms with Crippen LogP contribution < -0.4 is 5.32 Å². The predicted octanol–water partition coefficient (Wildman–Crippen LogP) is 4.48. The van der Waals surface area contributed by atoms with Crippen LogP contribution in [0.1, 0.15) is 42.6 Å². The summed E-state index contributed by atoms with van der Waals surface area (Å²) in [6.07, 6.45) is -1.04. The fourth-order valence-electron chi connectivity index (χ4n) is 4.06. The van der Waals surface area contributed by atoms with Crippen LogP contribution in [0.2, 0.25) is 0 Å². The van der Waals surface area contributed by atoms with E-state index >= 15 is 0 Å². The van der Waals surface area contributed by atoms with Gasteiger partial charge in [0.2, 0.25) is 16.0 Å². The van der Waals surface area contributed by atoms with Crippen LogP contribution >= 0.6 is 11.3 Å². The number of aromatic nitrogens is 3. The molecule has 1 unspecified atom stereocenters. The molecule has 3 aromatic rings. The molecule has 0 spiro atoms. The van der Waals surface area contributed by atoms with Gasteiger partial charge < -0.3 is 10.4 Å². The fourth-order valence-corrected chi connectivity index (χ4v) is 5.94. The first-order valence-electron chi connectivity index (χ1n) is 11.2. The van der Waals surface area contributed by atoms with Gasteiger partial charge in [0.1, 0.15) is 10.6 Å². The van der Waals surface area contributed by atoms with Crippen molar-refractivity contribution in [3.63, 3.8) is 0 Å². The molecule has 0 aliphatic carbocycles. The van der Waals surface area contributed by atoms with Crippen LogP contribution in [0.15, 0.2) is 30.6 Å². The van der Waals surface area contributed by atoms with Gasteiger partial charge in [-0.15, -0.1) is 11.3 Å². The third-order valence-corrected chi connectivity index (χ3v) is 8.39. The van der Waals surface area contributed by atoms with Gasteiger partial charge >= 0.3 is 6.18 Å². The van der Waals surface area contributed by atoms with E-state index in [-0.39, 0.29) is 22.6 Å². The summed E-state index contributed by atoms with van der Waals surface area (Å²) in [5.41, 5.74) is 1.11. The lowest BCUT2D eigenvalue weighted by Crippen LogP contribution is -2.42. The summed E-state index contributed by atoms with van der Waals surface area (Å²) in [6, 6.07) is 5.21. The van der Waals surface area contributed by atoms with Crippen LogP contribution in [0.25, 0.3) is 21.1 Å². The summed E-state index contributed by atoms with van der Waals surface area (Å²) in [4.78, 5) is 12.7. The third kappa shape index (κ3) is 5.85. The first-order chi connectivity index (χ1) is 16.8. The van der Waals surface area contributed by atoms with Gasteiger partial charge in [-0.25, -0.2) is 27.7 Å². The quantitative estimate of drug-likeness (QED) is 0.474. The maximum Gasteiger partial charge on any atom is 0.420 e. The largest absolute Gasteiger partial charge is 0.420 e. The number of aliphatic hydroxyl groups is 1. The van der Waals surface area contributed by atoms with Gasteiger partial charge in [-0.1, -0.05) is 18.2 Å². The van der Waals surface area contributed by atoms with Crippen LogP contribution in [0.4, 0.5) is 19.1 Å². The number of nitrogens with one attached hydrogen (secondary N) is 1. The van der Waals surface area contributed by atoms with E-state index in [4.69, 9.17) is 0 Å². The maximum atomic E-state index is 13.8. The summed E-state index contributed by atoms with van der Waals surface area (Å²) in [6.45, 7) is 4.14.